The summed E-state index contributed by atoms with van der Waals surface area (Å²) in [4.78, 5) is 4.40. The summed E-state index contributed by atoms with van der Waals surface area (Å²) >= 11 is 0. The molecule has 0 radical (unpaired) electrons. The van der Waals surface area contributed by atoms with Crippen molar-refractivity contribution in [3.8, 4) is 5.75 Å². The molecule has 2 heterocycles. The molecule has 7 nitrogen and oxygen atoms in total. The van der Waals surface area contributed by atoms with E-state index in [1.165, 1.54) is 31.2 Å². The van der Waals surface area contributed by atoms with Gasteiger partial charge in [0, 0.05) is 25.2 Å². The number of rotatable bonds is 6. The second-order valence-electron chi connectivity index (χ2n) is 7.54. The van der Waals surface area contributed by atoms with Crippen LogP contribution in [0.3, 0.4) is 0 Å². The molecule has 8 heteroatoms. The molecule has 2 N–H and O–H groups in total. The summed E-state index contributed by atoms with van der Waals surface area (Å²) in [6, 6.07) is 14.4. The third kappa shape index (κ3) is 4.69. The number of hydrogen-bond donors (Lipinski definition) is 2. The molecule has 0 amide bonds. The molecule has 3 aromatic rings. The number of halogens is 1. The van der Waals surface area contributed by atoms with Crippen LogP contribution in [-0.4, -0.2) is 41.3 Å². The van der Waals surface area contributed by atoms with E-state index in [4.69, 9.17) is 4.74 Å². The van der Waals surface area contributed by atoms with E-state index >= 15 is 0 Å². The standard InChI is InChI=1S/C22H28N6O.HI/c1-23-21(24-15-20-27-26-19-10-3-6-13-28(19)20)25-16-22(11-4-5-12-22)17-8-7-9-18(14-17)29-2;/h3,6-10,13-14H,4-5,11-12,15-16H2,1-2H3,(H2,23,24,25);1H. The molecule has 4 rings (SSSR count). The van der Waals surface area contributed by atoms with Crippen LogP contribution in [0, 0.1) is 0 Å². The van der Waals surface area contributed by atoms with E-state index in [-0.39, 0.29) is 29.4 Å². The number of fused-ring (bicyclic) bond motifs is 1. The third-order valence-corrected chi connectivity index (χ3v) is 5.86. The van der Waals surface area contributed by atoms with Crippen LogP contribution >= 0.6 is 24.0 Å². The van der Waals surface area contributed by atoms with Crippen LogP contribution in [0.5, 0.6) is 5.75 Å². The maximum atomic E-state index is 5.45. The molecule has 0 unspecified atom stereocenters. The van der Waals surface area contributed by atoms with Gasteiger partial charge in [-0.25, -0.2) is 0 Å². The summed E-state index contributed by atoms with van der Waals surface area (Å²) in [5, 5.41) is 15.4. The molecule has 0 bridgehead atoms. The molecule has 0 spiro atoms. The lowest BCUT2D eigenvalue weighted by Gasteiger charge is -2.31. The topological polar surface area (TPSA) is 75.8 Å². The highest BCUT2D eigenvalue weighted by molar-refractivity contribution is 14.0. The first kappa shape index (κ1) is 22.3. The SMILES string of the molecule is CN=C(NCc1nnc2ccccn12)NCC1(c2cccc(OC)c2)CCCC1.I. The predicted molar refractivity (Wildman–Crippen MR) is 130 cm³/mol. The lowest BCUT2D eigenvalue weighted by atomic mass is 9.78. The number of methoxy groups -OCH3 is 1. The normalized spacial score (nSPS) is 15.6. The summed E-state index contributed by atoms with van der Waals surface area (Å²) in [5.74, 6) is 2.54. The Morgan fingerprint density at radius 2 is 1.97 bits per heavy atom. The van der Waals surface area contributed by atoms with E-state index in [1.807, 2.05) is 34.9 Å². The second kappa shape index (κ2) is 10.1. The van der Waals surface area contributed by atoms with E-state index in [0.29, 0.717) is 6.54 Å². The van der Waals surface area contributed by atoms with Crippen molar-refractivity contribution >= 4 is 35.6 Å². The Balaban J connectivity index is 0.00000256. The molecule has 1 fully saturated rings. The number of nitrogens with one attached hydrogen (secondary N) is 2. The quantitative estimate of drug-likeness (QED) is 0.296. The van der Waals surface area contributed by atoms with Crippen LogP contribution in [0.1, 0.15) is 37.1 Å². The van der Waals surface area contributed by atoms with Crippen molar-refractivity contribution in [3.63, 3.8) is 0 Å². The van der Waals surface area contributed by atoms with Crippen LogP contribution in [0.25, 0.3) is 5.65 Å². The summed E-state index contributed by atoms with van der Waals surface area (Å²) in [6.45, 7) is 1.39. The molecule has 0 aliphatic heterocycles. The molecule has 0 atom stereocenters. The molecule has 160 valence electrons. The van der Waals surface area contributed by atoms with Gasteiger partial charge < -0.3 is 15.4 Å². The highest BCUT2D eigenvalue weighted by Crippen LogP contribution is 2.41. The van der Waals surface area contributed by atoms with Crippen molar-refractivity contribution in [2.75, 3.05) is 20.7 Å². The molecule has 1 aliphatic carbocycles. The fraction of sp³-hybridized carbons (Fsp3) is 0.409. The third-order valence-electron chi connectivity index (χ3n) is 5.86. The highest BCUT2D eigenvalue weighted by atomic mass is 127. The monoisotopic (exact) mass is 520 g/mol. The zero-order chi connectivity index (χ0) is 20.1. The fourth-order valence-corrected chi connectivity index (χ4v) is 4.22. The van der Waals surface area contributed by atoms with E-state index in [2.05, 4.69) is 44.0 Å². The van der Waals surface area contributed by atoms with Crippen molar-refractivity contribution in [1.29, 1.82) is 0 Å². The summed E-state index contributed by atoms with van der Waals surface area (Å²) < 4.78 is 7.43. The van der Waals surface area contributed by atoms with Gasteiger partial charge in [0.05, 0.1) is 13.7 Å². The smallest absolute Gasteiger partial charge is 0.191 e. The van der Waals surface area contributed by atoms with E-state index in [1.54, 1.807) is 14.2 Å². The van der Waals surface area contributed by atoms with Crippen LogP contribution < -0.4 is 15.4 Å². The Morgan fingerprint density at radius 3 is 2.73 bits per heavy atom. The molecule has 1 saturated carbocycles. The summed E-state index contributed by atoms with van der Waals surface area (Å²) in [5.41, 5.74) is 2.28. The lowest BCUT2D eigenvalue weighted by molar-refractivity contribution is 0.404. The number of benzene rings is 1. The van der Waals surface area contributed by atoms with Crippen molar-refractivity contribution in [2.45, 2.75) is 37.6 Å². The van der Waals surface area contributed by atoms with Crippen LogP contribution in [0.2, 0.25) is 0 Å². The number of aliphatic imine (C=N–C) groups is 1. The molecule has 1 aliphatic rings. The van der Waals surface area contributed by atoms with Gasteiger partial charge in [0.15, 0.2) is 17.4 Å². The van der Waals surface area contributed by atoms with Crippen LogP contribution in [0.4, 0.5) is 0 Å². The average molecular weight is 520 g/mol. The van der Waals surface area contributed by atoms with Crippen molar-refractivity contribution in [3.05, 3.63) is 60.0 Å². The van der Waals surface area contributed by atoms with Gasteiger partial charge in [-0.05, 0) is 42.7 Å². The Hall–Kier alpha value is -2.36. The number of ether oxygens (including phenoxy) is 1. The van der Waals surface area contributed by atoms with Gasteiger partial charge >= 0.3 is 0 Å². The Kier molecular flexibility index (Phi) is 7.52. The Morgan fingerprint density at radius 1 is 1.13 bits per heavy atom. The van der Waals surface area contributed by atoms with Crippen LogP contribution in [0.15, 0.2) is 53.7 Å². The Bertz CT molecular complexity index is 996. The van der Waals surface area contributed by atoms with Gasteiger partial charge in [-0.3, -0.25) is 9.39 Å². The first-order valence-electron chi connectivity index (χ1n) is 10.1. The molecule has 0 saturated heterocycles. The summed E-state index contributed by atoms with van der Waals surface area (Å²) in [7, 11) is 3.52. The molecule has 1 aromatic carbocycles. The van der Waals surface area contributed by atoms with Crippen molar-refractivity contribution in [2.24, 2.45) is 4.99 Å². The number of pyridine rings is 1. The minimum atomic E-state index is 0. The summed E-state index contributed by atoms with van der Waals surface area (Å²) in [6.07, 6.45) is 6.80. The second-order valence-corrected chi connectivity index (χ2v) is 7.54. The number of aromatic nitrogens is 3. The minimum Gasteiger partial charge on any atom is -0.497 e. The molecular formula is C22H29IN6O. The van der Waals surface area contributed by atoms with Gasteiger partial charge in [-0.2, -0.15) is 0 Å². The predicted octanol–water partition coefficient (Wildman–Crippen LogP) is 3.53. The van der Waals surface area contributed by atoms with Gasteiger partial charge in [0.1, 0.15) is 5.75 Å². The molecule has 2 aromatic heterocycles. The number of guanidine groups is 1. The maximum absolute atomic E-state index is 5.45. The van der Waals surface area contributed by atoms with Gasteiger partial charge in [0.2, 0.25) is 0 Å². The average Bonchev–Trinajstić information content (AvgIpc) is 3.42. The van der Waals surface area contributed by atoms with E-state index in [0.717, 1.165) is 29.7 Å². The maximum Gasteiger partial charge on any atom is 0.191 e. The lowest BCUT2D eigenvalue weighted by Crippen LogP contribution is -2.44. The minimum absolute atomic E-state index is 0. The van der Waals surface area contributed by atoms with Gasteiger partial charge in [0.25, 0.3) is 0 Å². The van der Waals surface area contributed by atoms with Gasteiger partial charge in [-0.1, -0.05) is 31.0 Å². The molecular weight excluding hydrogens is 491 g/mol. The highest BCUT2D eigenvalue weighted by Gasteiger charge is 2.36. The first-order valence-corrected chi connectivity index (χ1v) is 10.1. The zero-order valence-electron chi connectivity index (χ0n) is 17.5. The first-order chi connectivity index (χ1) is 14.2. The van der Waals surface area contributed by atoms with Crippen molar-refractivity contribution < 1.29 is 4.74 Å². The van der Waals surface area contributed by atoms with E-state index < -0.39 is 0 Å². The van der Waals surface area contributed by atoms with Crippen molar-refractivity contribution in [1.82, 2.24) is 25.2 Å². The number of nitrogens with zero attached hydrogens (tertiary/aromatic N) is 4. The largest absolute Gasteiger partial charge is 0.497 e. The van der Waals surface area contributed by atoms with E-state index in [9.17, 15) is 0 Å². The van der Waals surface area contributed by atoms with Gasteiger partial charge in [-0.15, -0.1) is 34.2 Å². The molecule has 30 heavy (non-hydrogen) atoms. The zero-order valence-corrected chi connectivity index (χ0v) is 19.8. The van der Waals surface area contributed by atoms with Crippen LogP contribution in [-0.2, 0) is 12.0 Å². The fourth-order valence-electron chi connectivity index (χ4n) is 4.22. The number of hydrogen-bond acceptors (Lipinski definition) is 4. The Labute approximate surface area is 194 Å².